The zero-order valence-corrected chi connectivity index (χ0v) is 39.2. The van der Waals surface area contributed by atoms with Crippen LogP contribution in [0.5, 0.6) is 0 Å². The molecule has 3 aliphatic heterocycles. The molecule has 3 aliphatic rings. The van der Waals surface area contributed by atoms with Crippen molar-refractivity contribution >= 4 is 63.0 Å². The quantitative estimate of drug-likeness (QED) is 0.0703. The number of aromatic nitrogens is 2. The molecule has 0 radical (unpaired) electrons. The highest BCUT2D eigenvalue weighted by molar-refractivity contribution is 7.78. The van der Waals surface area contributed by atoms with E-state index in [0.717, 1.165) is 107 Å². The van der Waals surface area contributed by atoms with E-state index >= 15 is 0 Å². The number of hydrogen-bond acceptors (Lipinski definition) is 7. The van der Waals surface area contributed by atoms with Crippen molar-refractivity contribution in [3.05, 3.63) is 96.3 Å². The highest BCUT2D eigenvalue weighted by Crippen LogP contribution is 2.38. The van der Waals surface area contributed by atoms with E-state index in [1.165, 1.54) is 0 Å². The van der Waals surface area contributed by atoms with Gasteiger partial charge < -0.3 is 20.4 Å². The number of nitrogens with zero attached hydrogens (tertiary/aromatic N) is 4. The van der Waals surface area contributed by atoms with Crippen molar-refractivity contribution in [2.75, 3.05) is 26.2 Å². The molecule has 0 aliphatic carbocycles. The molecule has 11 heteroatoms. The molecule has 5 aromatic rings. The van der Waals surface area contributed by atoms with Gasteiger partial charge in [-0.15, -0.1) is 0 Å². The molecule has 8 rings (SSSR count). The predicted octanol–water partition coefficient (Wildman–Crippen LogP) is 10.6. The number of benzene rings is 3. The summed E-state index contributed by atoms with van der Waals surface area (Å²) in [7, 11) is 0. The van der Waals surface area contributed by atoms with Crippen LogP contribution < -0.4 is 10.6 Å². The molecule has 5 heterocycles. The second-order valence-electron chi connectivity index (χ2n) is 19.1. The molecule has 340 valence electrons. The van der Waals surface area contributed by atoms with Gasteiger partial charge in [-0.3, -0.25) is 24.4 Å². The maximum atomic E-state index is 14.2. The van der Waals surface area contributed by atoms with E-state index in [9.17, 15) is 19.2 Å². The Morgan fingerprint density at radius 2 is 1.38 bits per heavy atom. The molecule has 2 N–H and O–H groups in total. The van der Waals surface area contributed by atoms with E-state index in [-0.39, 0.29) is 59.3 Å². The number of rotatable bonds is 17. The molecule has 5 atom stereocenters. The van der Waals surface area contributed by atoms with Crippen molar-refractivity contribution in [1.29, 1.82) is 0 Å². The van der Waals surface area contributed by atoms with Crippen LogP contribution in [0.15, 0.2) is 84.9 Å². The van der Waals surface area contributed by atoms with Gasteiger partial charge >= 0.3 is 6.03 Å². The highest BCUT2D eigenvalue weighted by atomic mass is 32.1. The molecular weight excluding hydrogens is 829 g/mol. The van der Waals surface area contributed by atoms with Crippen molar-refractivity contribution in [3.63, 3.8) is 0 Å². The van der Waals surface area contributed by atoms with Crippen molar-refractivity contribution in [1.82, 2.24) is 30.4 Å². The molecule has 0 saturated carbocycles. The third kappa shape index (κ3) is 10.3. The summed E-state index contributed by atoms with van der Waals surface area (Å²) in [5.74, 6) is -0.251. The first-order valence-corrected chi connectivity index (χ1v) is 24.5. The second-order valence-corrected chi connectivity index (χ2v) is 19.5. The molecule has 0 spiro atoms. The standard InChI is InChI=1S/C54H64N6O4S/c1-34(2)50(43-11-7-27-55-52(43)62)53(63)59-29-8-12-48(59)45-25-22-40-18-20-42(33-47(40)58-45)37-15-13-36(14-16-37)41-19-17-39-21-24-44(57-46(39)32-41)38(10-5-6-31-65)23-26-49(61)51(35(3)4)60-30-9-28-56-54(60)64/h13-22,24-25,31-35,38,43,48,50-51H,5-12,23,26-30H2,1-4H3,(H,55,62)(H,56,64). The molecule has 10 nitrogen and oxygen atoms in total. The Morgan fingerprint density at radius 1 is 0.738 bits per heavy atom. The lowest BCUT2D eigenvalue weighted by Crippen LogP contribution is -2.55. The van der Waals surface area contributed by atoms with E-state index in [1.807, 2.05) is 18.7 Å². The minimum atomic E-state index is -0.436. The van der Waals surface area contributed by atoms with Crippen LogP contribution in [0, 0.1) is 23.7 Å². The first-order valence-electron chi connectivity index (χ1n) is 24.0. The van der Waals surface area contributed by atoms with Crippen molar-refractivity contribution in [2.45, 2.75) is 110 Å². The van der Waals surface area contributed by atoms with Crippen molar-refractivity contribution < 1.29 is 19.2 Å². The van der Waals surface area contributed by atoms with E-state index in [4.69, 9.17) is 22.2 Å². The summed E-state index contributed by atoms with van der Waals surface area (Å²) in [6, 6.07) is 29.2. The normalized spacial score (nSPS) is 19.4. The average Bonchev–Trinajstić information content (AvgIpc) is 3.81. The molecular formula is C54H64N6O4S. The van der Waals surface area contributed by atoms with E-state index in [0.29, 0.717) is 39.0 Å². The number of hydrogen-bond donors (Lipinski definition) is 2. The number of thiocarbonyl (C=S) groups is 1. The molecule has 3 fully saturated rings. The summed E-state index contributed by atoms with van der Waals surface area (Å²) in [4.78, 5) is 67.7. The maximum absolute atomic E-state index is 14.2. The fourth-order valence-corrected chi connectivity index (χ4v) is 10.8. The van der Waals surface area contributed by atoms with Gasteiger partial charge in [0.05, 0.1) is 34.7 Å². The number of piperidine rings is 1. The van der Waals surface area contributed by atoms with Gasteiger partial charge in [-0.25, -0.2) is 4.79 Å². The summed E-state index contributed by atoms with van der Waals surface area (Å²) < 4.78 is 0. The zero-order valence-electron chi connectivity index (χ0n) is 38.4. The van der Waals surface area contributed by atoms with Crippen LogP contribution in [-0.2, 0) is 14.4 Å². The van der Waals surface area contributed by atoms with Crippen LogP contribution in [0.2, 0.25) is 0 Å². The molecule has 3 aromatic carbocycles. The summed E-state index contributed by atoms with van der Waals surface area (Å²) >= 11 is 5.16. The number of carbonyl (C=O) groups is 4. The predicted molar refractivity (Wildman–Crippen MR) is 264 cm³/mol. The third-order valence-electron chi connectivity index (χ3n) is 14.1. The molecule has 5 unspecified atom stereocenters. The lowest BCUT2D eigenvalue weighted by atomic mass is 9.77. The van der Waals surface area contributed by atoms with Crippen LogP contribution in [0.4, 0.5) is 4.79 Å². The number of carbonyl (C=O) groups excluding carboxylic acids is 4. The Labute approximate surface area is 389 Å². The zero-order chi connectivity index (χ0) is 45.6. The summed E-state index contributed by atoms with van der Waals surface area (Å²) in [6.07, 6.45) is 7.95. The molecule has 0 bridgehead atoms. The number of nitrogens with one attached hydrogen (secondary N) is 2. The topological polar surface area (TPSA) is 125 Å². The number of amides is 4. The Morgan fingerprint density at radius 3 is 2.03 bits per heavy atom. The van der Waals surface area contributed by atoms with E-state index < -0.39 is 6.04 Å². The van der Waals surface area contributed by atoms with Crippen molar-refractivity contribution in [2.24, 2.45) is 23.7 Å². The highest BCUT2D eigenvalue weighted by Gasteiger charge is 2.42. The molecule has 4 amide bonds. The Bertz CT molecular complexity index is 2540. The monoisotopic (exact) mass is 892 g/mol. The van der Waals surface area contributed by atoms with Gasteiger partial charge in [-0.1, -0.05) is 101 Å². The van der Waals surface area contributed by atoms with Crippen LogP contribution in [0.3, 0.4) is 0 Å². The van der Waals surface area contributed by atoms with Gasteiger partial charge in [0, 0.05) is 60.9 Å². The van der Waals surface area contributed by atoms with Gasteiger partial charge in [-0.2, -0.15) is 0 Å². The van der Waals surface area contributed by atoms with E-state index in [1.54, 1.807) is 10.3 Å². The average molecular weight is 893 g/mol. The van der Waals surface area contributed by atoms with Gasteiger partial charge in [0.25, 0.3) is 0 Å². The largest absolute Gasteiger partial charge is 0.356 e. The maximum Gasteiger partial charge on any atom is 0.318 e. The Hall–Kier alpha value is -5.55. The lowest BCUT2D eigenvalue weighted by molar-refractivity contribution is -0.145. The number of unbranched alkanes of at least 4 members (excludes halogenated alkanes) is 1. The van der Waals surface area contributed by atoms with Gasteiger partial charge in [-0.05, 0) is 122 Å². The summed E-state index contributed by atoms with van der Waals surface area (Å²) in [6.45, 7) is 10.8. The first-order chi connectivity index (χ1) is 31.5. The number of ketones is 1. The van der Waals surface area contributed by atoms with Crippen LogP contribution in [0.25, 0.3) is 44.1 Å². The number of Topliss-reactive ketones (excluding diaryl/α,β-unsaturated/α-hetero) is 1. The first kappa shape index (κ1) is 46.0. The minimum Gasteiger partial charge on any atom is -0.356 e. The summed E-state index contributed by atoms with van der Waals surface area (Å²) in [5.41, 5.74) is 8.00. The van der Waals surface area contributed by atoms with Gasteiger partial charge in [0.1, 0.15) is 0 Å². The van der Waals surface area contributed by atoms with Gasteiger partial charge in [0.15, 0.2) is 5.78 Å². The van der Waals surface area contributed by atoms with Crippen molar-refractivity contribution in [3.8, 4) is 22.3 Å². The lowest BCUT2D eigenvalue weighted by Gasteiger charge is -2.36. The molecule has 3 saturated heterocycles. The number of likely N-dealkylation sites (tertiary alicyclic amines) is 1. The van der Waals surface area contributed by atoms with E-state index in [2.05, 4.69) is 109 Å². The third-order valence-corrected chi connectivity index (χ3v) is 14.3. The fraction of sp³-hybridized carbons (Fsp3) is 0.463. The Kier molecular flexibility index (Phi) is 14.7. The SMILES string of the molecule is CC(C)C(C(=O)N1CCCC1c1ccc2ccc(-c3ccc(-c4ccc5ccc(C(CCCC=S)CCC(=O)C(C(C)C)N6CCCNC6=O)nc5c4)cc3)cc2n1)C1CCCNC1=O. The second kappa shape index (κ2) is 20.7. The van der Waals surface area contributed by atoms with Crippen LogP contribution >= 0.6 is 12.2 Å². The molecule has 65 heavy (non-hydrogen) atoms. The smallest absolute Gasteiger partial charge is 0.318 e. The number of pyridine rings is 2. The number of fused-ring (bicyclic) bond motifs is 2. The van der Waals surface area contributed by atoms with Crippen LogP contribution in [0.1, 0.15) is 115 Å². The fourth-order valence-electron chi connectivity index (χ4n) is 10.7. The van der Waals surface area contributed by atoms with Gasteiger partial charge in [0.2, 0.25) is 11.8 Å². The summed E-state index contributed by atoms with van der Waals surface area (Å²) in [5, 5.41) is 9.80. The van der Waals surface area contributed by atoms with Crippen LogP contribution in [-0.4, -0.2) is 81.0 Å². The molecule has 2 aromatic heterocycles. The minimum absolute atomic E-state index is 0.00922. The number of urea groups is 1. The Balaban J connectivity index is 0.986.